The quantitative estimate of drug-likeness (QED) is 0.568. The van der Waals surface area contributed by atoms with E-state index in [1.54, 1.807) is 12.1 Å². The minimum absolute atomic E-state index is 0.402. The Morgan fingerprint density at radius 3 is 2.62 bits per heavy atom. The molecule has 7 nitrogen and oxygen atoms in total. The molecule has 0 aliphatic carbocycles. The molecule has 154 valence electrons. The number of piperidine rings is 1. The van der Waals surface area contributed by atoms with E-state index in [-0.39, 0.29) is 0 Å². The molecule has 1 unspecified atom stereocenters. The highest BCUT2D eigenvalue weighted by molar-refractivity contribution is 5.64. The Morgan fingerprint density at radius 1 is 1.07 bits per heavy atom. The molecule has 0 bridgehead atoms. The van der Waals surface area contributed by atoms with E-state index in [0.717, 1.165) is 70.5 Å². The van der Waals surface area contributed by atoms with Crippen molar-refractivity contribution in [2.24, 2.45) is 5.92 Å². The first-order chi connectivity index (χ1) is 14.1. The summed E-state index contributed by atoms with van der Waals surface area (Å²) in [6.45, 7) is 6.28. The average Bonchev–Trinajstić information content (AvgIpc) is 2.75. The van der Waals surface area contributed by atoms with Crippen LogP contribution in [0, 0.1) is 21.8 Å². The maximum absolute atomic E-state index is 14.0. The van der Waals surface area contributed by atoms with Crippen molar-refractivity contribution in [3.8, 4) is 0 Å². The smallest absolute Gasteiger partial charge is 0.327 e. The van der Waals surface area contributed by atoms with Crippen molar-refractivity contribution in [1.29, 1.82) is 0 Å². The van der Waals surface area contributed by atoms with E-state index < -0.39 is 16.4 Å². The highest BCUT2D eigenvalue weighted by Crippen LogP contribution is 2.33. The van der Waals surface area contributed by atoms with Gasteiger partial charge >= 0.3 is 5.69 Å². The molecule has 1 aromatic carbocycles. The SMILES string of the molecule is O=[N+]([O-])c1c(F)cccc1N1CCCC(CN2CCN(c3ccccn3)CC2)C1. The first-order valence-corrected chi connectivity index (χ1v) is 10.2. The van der Waals surface area contributed by atoms with Gasteiger partial charge in [0.25, 0.3) is 0 Å². The maximum atomic E-state index is 14.0. The molecule has 1 atom stereocenters. The molecule has 0 N–H and O–H groups in total. The third kappa shape index (κ3) is 4.48. The summed E-state index contributed by atoms with van der Waals surface area (Å²) in [6, 6.07) is 10.4. The third-order valence-electron chi connectivity index (χ3n) is 5.87. The molecule has 0 spiro atoms. The lowest BCUT2D eigenvalue weighted by Crippen LogP contribution is -2.50. The lowest BCUT2D eigenvalue weighted by Gasteiger charge is -2.40. The van der Waals surface area contributed by atoms with Crippen LogP contribution in [0.5, 0.6) is 0 Å². The number of nitrogens with zero attached hydrogens (tertiary/aromatic N) is 5. The summed E-state index contributed by atoms with van der Waals surface area (Å²) < 4.78 is 14.0. The number of halogens is 1. The second kappa shape index (κ2) is 8.73. The number of pyridine rings is 1. The van der Waals surface area contributed by atoms with Crippen LogP contribution in [0.15, 0.2) is 42.6 Å². The molecular formula is C21H26FN5O2. The van der Waals surface area contributed by atoms with Crippen LogP contribution < -0.4 is 9.80 Å². The molecule has 1 aromatic heterocycles. The number of anilines is 2. The highest BCUT2D eigenvalue weighted by atomic mass is 19.1. The van der Waals surface area contributed by atoms with Gasteiger partial charge in [0.2, 0.25) is 5.82 Å². The third-order valence-corrected chi connectivity index (χ3v) is 5.87. The summed E-state index contributed by atoms with van der Waals surface area (Å²) in [5.74, 6) is 0.683. The summed E-state index contributed by atoms with van der Waals surface area (Å²) in [4.78, 5) is 21.9. The van der Waals surface area contributed by atoms with Gasteiger partial charge in [-0.05, 0) is 43.0 Å². The first-order valence-electron chi connectivity index (χ1n) is 10.2. The van der Waals surface area contributed by atoms with Crippen molar-refractivity contribution < 1.29 is 9.31 Å². The van der Waals surface area contributed by atoms with Gasteiger partial charge in [0.05, 0.1) is 4.92 Å². The summed E-state index contributed by atoms with van der Waals surface area (Å²) in [5.41, 5.74) is -0.00297. The van der Waals surface area contributed by atoms with Crippen molar-refractivity contribution in [2.75, 3.05) is 55.6 Å². The molecular weight excluding hydrogens is 373 g/mol. The molecule has 0 saturated carbocycles. The number of benzene rings is 1. The fourth-order valence-corrected chi connectivity index (χ4v) is 4.44. The Kier molecular flexibility index (Phi) is 5.89. The fraction of sp³-hybridized carbons (Fsp3) is 0.476. The van der Waals surface area contributed by atoms with Crippen LogP contribution in [0.4, 0.5) is 21.6 Å². The van der Waals surface area contributed by atoms with Crippen molar-refractivity contribution in [2.45, 2.75) is 12.8 Å². The number of nitro groups is 1. The average molecular weight is 399 g/mol. The predicted molar refractivity (Wildman–Crippen MR) is 111 cm³/mol. The topological polar surface area (TPSA) is 65.8 Å². The highest BCUT2D eigenvalue weighted by Gasteiger charge is 2.29. The second-order valence-electron chi connectivity index (χ2n) is 7.79. The molecule has 29 heavy (non-hydrogen) atoms. The Hall–Kier alpha value is -2.74. The van der Waals surface area contributed by atoms with Gasteiger partial charge in [-0.3, -0.25) is 15.0 Å². The molecule has 0 amide bonds. The number of para-hydroxylation sites is 1. The van der Waals surface area contributed by atoms with Crippen LogP contribution in [0.25, 0.3) is 0 Å². The summed E-state index contributed by atoms with van der Waals surface area (Å²) in [6.07, 6.45) is 3.89. The Labute approximate surface area is 169 Å². The van der Waals surface area contributed by atoms with Crippen LogP contribution in [0.3, 0.4) is 0 Å². The number of rotatable bonds is 5. The number of hydrogen-bond acceptors (Lipinski definition) is 6. The first kappa shape index (κ1) is 19.6. The van der Waals surface area contributed by atoms with E-state index >= 15 is 0 Å². The van der Waals surface area contributed by atoms with E-state index in [0.29, 0.717) is 11.6 Å². The molecule has 2 fully saturated rings. The molecule has 2 aromatic rings. The lowest BCUT2D eigenvalue weighted by molar-refractivity contribution is -0.386. The molecule has 2 saturated heterocycles. The number of nitro benzene ring substituents is 1. The van der Waals surface area contributed by atoms with E-state index in [9.17, 15) is 14.5 Å². The zero-order valence-electron chi connectivity index (χ0n) is 16.4. The van der Waals surface area contributed by atoms with Crippen molar-refractivity contribution >= 4 is 17.2 Å². The van der Waals surface area contributed by atoms with Crippen LogP contribution in [-0.4, -0.2) is 60.6 Å². The van der Waals surface area contributed by atoms with Gasteiger partial charge in [-0.15, -0.1) is 0 Å². The lowest BCUT2D eigenvalue weighted by atomic mass is 9.96. The molecule has 8 heteroatoms. The van der Waals surface area contributed by atoms with E-state index in [1.165, 1.54) is 0 Å². The van der Waals surface area contributed by atoms with Crippen LogP contribution in [-0.2, 0) is 0 Å². The van der Waals surface area contributed by atoms with E-state index in [2.05, 4.69) is 14.8 Å². The maximum Gasteiger partial charge on any atom is 0.327 e. The fourth-order valence-electron chi connectivity index (χ4n) is 4.44. The van der Waals surface area contributed by atoms with Gasteiger partial charge in [0, 0.05) is 52.0 Å². The molecule has 3 heterocycles. The minimum atomic E-state index is -0.764. The van der Waals surface area contributed by atoms with Crippen LogP contribution in [0.1, 0.15) is 12.8 Å². The standard InChI is InChI=1S/C21H26FN5O2/c22-18-6-3-7-19(21(18)27(28)29)26-10-4-5-17(16-26)15-24-11-13-25(14-12-24)20-8-1-2-9-23-20/h1-3,6-9,17H,4-5,10-16H2. The van der Waals surface area contributed by atoms with Gasteiger partial charge in [0.15, 0.2) is 0 Å². The van der Waals surface area contributed by atoms with Crippen LogP contribution >= 0.6 is 0 Å². The van der Waals surface area contributed by atoms with Crippen molar-refractivity contribution in [3.05, 3.63) is 58.5 Å². The number of aromatic nitrogens is 1. The molecule has 2 aliphatic rings. The van der Waals surface area contributed by atoms with Gasteiger partial charge in [-0.25, -0.2) is 4.98 Å². The summed E-state index contributed by atoms with van der Waals surface area (Å²) >= 11 is 0. The van der Waals surface area contributed by atoms with Gasteiger partial charge < -0.3 is 9.80 Å². The number of piperazine rings is 1. The second-order valence-corrected chi connectivity index (χ2v) is 7.79. The molecule has 4 rings (SSSR count). The zero-order chi connectivity index (χ0) is 20.2. The van der Waals surface area contributed by atoms with E-state index in [4.69, 9.17) is 0 Å². The predicted octanol–water partition coefficient (Wildman–Crippen LogP) is 3.17. The van der Waals surface area contributed by atoms with Gasteiger partial charge in [-0.2, -0.15) is 4.39 Å². The minimum Gasteiger partial charge on any atom is -0.366 e. The van der Waals surface area contributed by atoms with Gasteiger partial charge in [0.1, 0.15) is 11.5 Å². The Balaban J connectivity index is 1.36. The number of hydrogen-bond donors (Lipinski definition) is 0. The van der Waals surface area contributed by atoms with Crippen molar-refractivity contribution in [3.63, 3.8) is 0 Å². The van der Waals surface area contributed by atoms with Crippen molar-refractivity contribution in [1.82, 2.24) is 9.88 Å². The Morgan fingerprint density at radius 2 is 1.90 bits per heavy atom. The molecule has 0 radical (unpaired) electrons. The zero-order valence-corrected chi connectivity index (χ0v) is 16.4. The normalized spacial score (nSPS) is 20.7. The Bertz CT molecular complexity index is 842. The monoisotopic (exact) mass is 399 g/mol. The van der Waals surface area contributed by atoms with Gasteiger partial charge in [-0.1, -0.05) is 12.1 Å². The van der Waals surface area contributed by atoms with E-state index in [1.807, 2.05) is 29.3 Å². The van der Waals surface area contributed by atoms with Crippen LogP contribution in [0.2, 0.25) is 0 Å². The summed E-state index contributed by atoms with van der Waals surface area (Å²) in [5, 5.41) is 11.4. The largest absolute Gasteiger partial charge is 0.366 e. The molecule has 2 aliphatic heterocycles. The summed E-state index contributed by atoms with van der Waals surface area (Å²) in [7, 11) is 0.